The number of hydrogen-bond acceptors (Lipinski definition) is 2. The number of aryl methyl sites for hydroxylation is 2. The van der Waals surface area contributed by atoms with Crippen LogP contribution < -0.4 is 5.32 Å². The van der Waals surface area contributed by atoms with E-state index in [1.54, 1.807) is 6.07 Å². The summed E-state index contributed by atoms with van der Waals surface area (Å²) in [5.74, 6) is -0.197. The van der Waals surface area contributed by atoms with Gasteiger partial charge in [0.1, 0.15) is 0 Å². The molecule has 3 aromatic rings. The predicted octanol–water partition coefficient (Wildman–Crippen LogP) is 4.46. The molecule has 0 aliphatic rings. The first kappa shape index (κ1) is 19.6. The van der Waals surface area contributed by atoms with Crippen LogP contribution in [0.4, 0.5) is 0 Å². The third-order valence-corrected chi connectivity index (χ3v) is 4.99. The lowest BCUT2D eigenvalue weighted by Crippen LogP contribution is -2.43. The van der Waals surface area contributed by atoms with E-state index in [2.05, 4.69) is 5.32 Å². The highest BCUT2D eigenvalue weighted by molar-refractivity contribution is 5.99. The van der Waals surface area contributed by atoms with Gasteiger partial charge in [0, 0.05) is 12.0 Å². The van der Waals surface area contributed by atoms with Gasteiger partial charge in [-0.05, 0) is 48.6 Å². The van der Waals surface area contributed by atoms with E-state index < -0.39 is 6.04 Å². The molecule has 0 saturated carbocycles. The molecule has 1 amide bonds. The van der Waals surface area contributed by atoms with Crippen LogP contribution in [-0.2, 0) is 17.6 Å². The number of amides is 1. The highest BCUT2D eigenvalue weighted by Gasteiger charge is 2.23. The molecule has 0 aromatic heterocycles. The fraction of sp³-hybridized carbons (Fsp3) is 0.200. The van der Waals surface area contributed by atoms with Gasteiger partial charge in [-0.25, -0.2) is 0 Å². The summed E-state index contributed by atoms with van der Waals surface area (Å²) in [5, 5.41) is 2.97. The molecule has 0 fully saturated rings. The first-order chi connectivity index (χ1) is 13.5. The Hall–Kier alpha value is -3.20. The molecule has 0 aliphatic heterocycles. The third-order valence-electron chi connectivity index (χ3n) is 4.99. The van der Waals surface area contributed by atoms with Crippen LogP contribution in [0, 0.1) is 13.8 Å². The van der Waals surface area contributed by atoms with E-state index in [0.29, 0.717) is 18.4 Å². The van der Waals surface area contributed by atoms with Gasteiger partial charge in [-0.3, -0.25) is 9.59 Å². The number of nitrogens with one attached hydrogen (secondary N) is 1. The monoisotopic (exact) mass is 371 g/mol. The van der Waals surface area contributed by atoms with Crippen LogP contribution in [0.1, 0.15) is 32.6 Å². The molecular weight excluding hydrogens is 346 g/mol. The van der Waals surface area contributed by atoms with Gasteiger partial charge in [0.25, 0.3) is 5.91 Å². The first-order valence-corrected chi connectivity index (χ1v) is 9.52. The minimum Gasteiger partial charge on any atom is -0.342 e. The van der Waals surface area contributed by atoms with E-state index in [-0.39, 0.29) is 11.7 Å². The Morgan fingerprint density at radius 1 is 0.786 bits per heavy atom. The maximum atomic E-state index is 13.1. The van der Waals surface area contributed by atoms with Crippen molar-refractivity contribution >= 4 is 11.7 Å². The van der Waals surface area contributed by atoms with Crippen molar-refractivity contribution in [2.45, 2.75) is 32.7 Å². The lowest BCUT2D eigenvalue weighted by molar-refractivity contribution is -0.120. The molecule has 1 atom stereocenters. The lowest BCUT2D eigenvalue weighted by atomic mass is 9.95. The Balaban J connectivity index is 1.82. The Morgan fingerprint density at radius 2 is 1.39 bits per heavy atom. The number of rotatable bonds is 7. The summed E-state index contributed by atoms with van der Waals surface area (Å²) in [6.07, 6.45) is 0.779. The van der Waals surface area contributed by atoms with Gasteiger partial charge in [0.15, 0.2) is 5.78 Å². The minimum atomic E-state index is -0.575. The summed E-state index contributed by atoms with van der Waals surface area (Å²) in [5.41, 5.74) is 4.60. The smallest absolute Gasteiger partial charge is 0.252 e. The van der Waals surface area contributed by atoms with Crippen LogP contribution in [0.3, 0.4) is 0 Å². The third kappa shape index (κ3) is 4.95. The lowest BCUT2D eigenvalue weighted by Gasteiger charge is -2.19. The van der Waals surface area contributed by atoms with Crippen LogP contribution >= 0.6 is 0 Å². The first-order valence-electron chi connectivity index (χ1n) is 9.52. The summed E-state index contributed by atoms with van der Waals surface area (Å²) in [6, 6.07) is 24.5. The van der Waals surface area contributed by atoms with Crippen LogP contribution in [0.15, 0.2) is 78.9 Å². The standard InChI is InChI=1S/C25H25NO2/c1-18-10-6-8-14-21(18)17-24(27)23(16-20-12-4-3-5-13-20)26-25(28)22-15-9-7-11-19(22)2/h3-15,23H,16-17H2,1-2H3,(H,26,28). The molecule has 3 heteroatoms. The van der Waals surface area contributed by atoms with Gasteiger partial charge in [-0.2, -0.15) is 0 Å². The molecule has 3 rings (SSSR count). The molecule has 1 unspecified atom stereocenters. The average molecular weight is 371 g/mol. The van der Waals surface area contributed by atoms with Gasteiger partial charge in [0.05, 0.1) is 6.04 Å². The Morgan fingerprint density at radius 3 is 2.07 bits per heavy atom. The Kier molecular flexibility index (Phi) is 6.38. The molecule has 28 heavy (non-hydrogen) atoms. The van der Waals surface area contributed by atoms with Crippen molar-refractivity contribution in [2.24, 2.45) is 0 Å². The summed E-state index contributed by atoms with van der Waals surface area (Å²) in [4.78, 5) is 25.9. The van der Waals surface area contributed by atoms with Crippen molar-refractivity contribution in [3.63, 3.8) is 0 Å². The van der Waals surface area contributed by atoms with E-state index >= 15 is 0 Å². The Labute approximate surface area is 166 Å². The summed E-state index contributed by atoms with van der Waals surface area (Å²) in [7, 11) is 0. The molecule has 3 nitrogen and oxygen atoms in total. The fourth-order valence-corrected chi connectivity index (χ4v) is 3.28. The van der Waals surface area contributed by atoms with E-state index in [1.807, 2.05) is 86.6 Å². The second-order valence-electron chi connectivity index (χ2n) is 7.10. The maximum absolute atomic E-state index is 13.1. The molecule has 3 aromatic carbocycles. The van der Waals surface area contributed by atoms with Gasteiger partial charge in [0.2, 0.25) is 0 Å². The summed E-state index contributed by atoms with van der Waals surface area (Å²) >= 11 is 0. The van der Waals surface area contributed by atoms with Crippen molar-refractivity contribution in [1.82, 2.24) is 5.32 Å². The number of ketones is 1. The number of benzene rings is 3. The predicted molar refractivity (Wildman–Crippen MR) is 112 cm³/mol. The Bertz CT molecular complexity index is 963. The number of Topliss-reactive ketones (excluding diaryl/α,β-unsaturated/α-hetero) is 1. The second kappa shape index (κ2) is 9.14. The maximum Gasteiger partial charge on any atom is 0.252 e. The minimum absolute atomic E-state index is 0.0140. The van der Waals surface area contributed by atoms with E-state index in [9.17, 15) is 9.59 Å². The van der Waals surface area contributed by atoms with Crippen molar-refractivity contribution in [3.8, 4) is 0 Å². The highest BCUT2D eigenvalue weighted by atomic mass is 16.2. The van der Waals surface area contributed by atoms with Crippen molar-refractivity contribution in [1.29, 1.82) is 0 Å². The molecule has 1 N–H and O–H groups in total. The van der Waals surface area contributed by atoms with Crippen LogP contribution in [0.2, 0.25) is 0 Å². The van der Waals surface area contributed by atoms with Gasteiger partial charge < -0.3 is 5.32 Å². The van der Waals surface area contributed by atoms with Gasteiger partial charge in [-0.1, -0.05) is 72.8 Å². The zero-order valence-electron chi connectivity index (χ0n) is 16.3. The average Bonchev–Trinajstić information content (AvgIpc) is 2.70. The number of carbonyl (C=O) groups is 2. The van der Waals surface area contributed by atoms with E-state index in [4.69, 9.17) is 0 Å². The van der Waals surface area contributed by atoms with Crippen LogP contribution in [0.25, 0.3) is 0 Å². The molecule has 0 radical (unpaired) electrons. The zero-order chi connectivity index (χ0) is 19.9. The van der Waals surface area contributed by atoms with Crippen molar-refractivity contribution in [2.75, 3.05) is 0 Å². The molecule has 0 bridgehead atoms. The van der Waals surface area contributed by atoms with Crippen LogP contribution in [0.5, 0.6) is 0 Å². The second-order valence-corrected chi connectivity index (χ2v) is 7.10. The van der Waals surface area contributed by atoms with Crippen LogP contribution in [-0.4, -0.2) is 17.7 Å². The molecule has 0 spiro atoms. The number of hydrogen-bond donors (Lipinski definition) is 1. The molecule has 0 saturated heterocycles. The highest BCUT2D eigenvalue weighted by Crippen LogP contribution is 2.13. The molecule has 0 heterocycles. The van der Waals surface area contributed by atoms with E-state index in [1.165, 1.54) is 0 Å². The van der Waals surface area contributed by atoms with E-state index in [0.717, 1.165) is 22.3 Å². The fourth-order valence-electron chi connectivity index (χ4n) is 3.28. The SMILES string of the molecule is Cc1ccccc1CC(=O)C(Cc1ccccc1)NC(=O)c1ccccc1C. The zero-order valence-corrected chi connectivity index (χ0v) is 16.3. The normalized spacial score (nSPS) is 11.6. The van der Waals surface area contributed by atoms with Crippen molar-refractivity contribution < 1.29 is 9.59 Å². The largest absolute Gasteiger partial charge is 0.342 e. The van der Waals surface area contributed by atoms with Gasteiger partial charge >= 0.3 is 0 Å². The van der Waals surface area contributed by atoms with Crippen molar-refractivity contribution in [3.05, 3.63) is 107 Å². The number of carbonyl (C=O) groups excluding carboxylic acids is 2. The molecule has 0 aliphatic carbocycles. The summed E-state index contributed by atoms with van der Waals surface area (Å²) < 4.78 is 0. The topological polar surface area (TPSA) is 46.2 Å². The molecule has 142 valence electrons. The quantitative estimate of drug-likeness (QED) is 0.667. The van der Waals surface area contributed by atoms with Gasteiger partial charge in [-0.15, -0.1) is 0 Å². The molecular formula is C25H25NO2. The summed E-state index contributed by atoms with van der Waals surface area (Å²) in [6.45, 7) is 3.90.